The van der Waals surface area contributed by atoms with E-state index in [0.717, 1.165) is 38.0 Å². The molecule has 1 aromatic carbocycles. The number of unbranched alkanes of at least 4 members (excludes halogenated alkanes) is 11. The lowest BCUT2D eigenvalue weighted by Gasteiger charge is -2.16. The number of methoxy groups -OCH3 is 1. The van der Waals surface area contributed by atoms with Crippen molar-refractivity contribution in [3.63, 3.8) is 0 Å². The highest BCUT2D eigenvalue weighted by Crippen LogP contribution is 2.14. The molecule has 1 unspecified atom stereocenters. The number of carbonyl (C=O) groups is 1. The van der Waals surface area contributed by atoms with Crippen molar-refractivity contribution in [3.8, 4) is 0 Å². The maximum Gasteiger partial charge on any atom is 0.238 e. The molecule has 1 amide bonds. The van der Waals surface area contributed by atoms with Gasteiger partial charge in [-0.2, -0.15) is 5.06 Å². The number of amides is 1. The molecule has 1 rings (SSSR count). The third kappa shape index (κ3) is 14.2. The Bertz CT molecular complexity index is 483. The van der Waals surface area contributed by atoms with E-state index < -0.39 is 0 Å². The van der Waals surface area contributed by atoms with Gasteiger partial charge >= 0.3 is 0 Å². The van der Waals surface area contributed by atoms with Crippen LogP contribution in [-0.2, 0) is 19.1 Å². The summed E-state index contributed by atoms with van der Waals surface area (Å²) in [5.41, 5.74) is 0.775. The zero-order valence-corrected chi connectivity index (χ0v) is 18.5. The van der Waals surface area contributed by atoms with Crippen LogP contribution in [0.4, 0.5) is 5.69 Å². The second-order valence-electron chi connectivity index (χ2n) is 7.52. The van der Waals surface area contributed by atoms with Gasteiger partial charge in [-0.25, -0.2) is 0 Å². The molecule has 0 aliphatic rings. The van der Waals surface area contributed by atoms with E-state index in [1.165, 1.54) is 62.9 Å². The Morgan fingerprint density at radius 2 is 1.28 bits per heavy atom. The van der Waals surface area contributed by atoms with Crippen LogP contribution in [0.15, 0.2) is 30.3 Å². The number of para-hydroxylation sites is 1. The summed E-state index contributed by atoms with van der Waals surface area (Å²) in [5.74, 6) is 0. The highest BCUT2D eigenvalue weighted by molar-refractivity contribution is 5.71. The van der Waals surface area contributed by atoms with Crippen LogP contribution in [0, 0.1) is 0 Å². The number of benzene rings is 1. The van der Waals surface area contributed by atoms with Crippen LogP contribution in [-0.4, -0.2) is 33.0 Å². The Labute approximate surface area is 177 Å². The molecule has 29 heavy (non-hydrogen) atoms. The summed E-state index contributed by atoms with van der Waals surface area (Å²) in [7, 11) is 1.68. The van der Waals surface area contributed by atoms with Crippen molar-refractivity contribution in [1.82, 2.24) is 0 Å². The van der Waals surface area contributed by atoms with E-state index in [4.69, 9.17) is 14.3 Å². The second-order valence-corrected chi connectivity index (χ2v) is 7.52. The molecule has 5 nitrogen and oxygen atoms in total. The number of ether oxygens (including phenoxy) is 2. The molecule has 1 aromatic rings. The van der Waals surface area contributed by atoms with Gasteiger partial charge in [0.15, 0.2) is 6.29 Å². The molecule has 0 N–H and O–H groups in total. The van der Waals surface area contributed by atoms with Gasteiger partial charge in [0.1, 0.15) is 0 Å². The number of hydrogen-bond acceptors (Lipinski definition) is 4. The summed E-state index contributed by atoms with van der Waals surface area (Å²) in [6, 6.07) is 9.45. The van der Waals surface area contributed by atoms with Gasteiger partial charge in [0.05, 0.1) is 12.3 Å². The monoisotopic (exact) mass is 407 g/mol. The van der Waals surface area contributed by atoms with Crippen LogP contribution in [0.2, 0.25) is 0 Å². The summed E-state index contributed by atoms with van der Waals surface area (Å²) >= 11 is 0. The van der Waals surface area contributed by atoms with E-state index in [0.29, 0.717) is 6.61 Å². The zero-order chi connectivity index (χ0) is 21.0. The van der Waals surface area contributed by atoms with Crippen molar-refractivity contribution in [1.29, 1.82) is 0 Å². The first-order valence-corrected chi connectivity index (χ1v) is 11.3. The normalized spacial score (nSPS) is 12.1. The molecule has 0 aliphatic carbocycles. The molecule has 0 aromatic heterocycles. The Morgan fingerprint density at radius 1 is 0.793 bits per heavy atom. The first-order valence-electron chi connectivity index (χ1n) is 11.3. The standard InChI is InChI=1S/C24H41NO4/c1-23(27-2)28-20-16-11-9-7-5-3-4-6-8-10-12-17-21-29-25(22-26)24-18-14-13-15-19-24/h13-15,18-19,22-23H,3-12,16-17,20-21H2,1-2H3. The number of hydrogen-bond donors (Lipinski definition) is 0. The quantitative estimate of drug-likeness (QED) is 0.111. The van der Waals surface area contributed by atoms with Gasteiger partial charge in [0, 0.05) is 13.7 Å². The minimum absolute atomic E-state index is 0.0807. The lowest BCUT2D eigenvalue weighted by molar-refractivity contribution is -0.114. The minimum atomic E-state index is -0.0807. The molecule has 166 valence electrons. The van der Waals surface area contributed by atoms with Crippen LogP contribution >= 0.6 is 0 Å². The van der Waals surface area contributed by atoms with Gasteiger partial charge in [-0.3, -0.25) is 9.63 Å². The fraction of sp³-hybridized carbons (Fsp3) is 0.708. The summed E-state index contributed by atoms with van der Waals surface area (Å²) in [4.78, 5) is 16.7. The van der Waals surface area contributed by atoms with Gasteiger partial charge in [0.25, 0.3) is 0 Å². The van der Waals surface area contributed by atoms with Crippen molar-refractivity contribution in [3.05, 3.63) is 30.3 Å². The van der Waals surface area contributed by atoms with Gasteiger partial charge in [-0.15, -0.1) is 0 Å². The first kappa shape index (κ1) is 25.6. The third-order valence-corrected chi connectivity index (χ3v) is 5.06. The predicted octanol–water partition coefficient (Wildman–Crippen LogP) is 6.27. The molecule has 0 saturated carbocycles. The second kappa shape index (κ2) is 18.6. The number of hydroxylamine groups is 1. The van der Waals surface area contributed by atoms with E-state index in [1.807, 2.05) is 37.3 Å². The largest absolute Gasteiger partial charge is 0.356 e. The van der Waals surface area contributed by atoms with Gasteiger partial charge in [-0.1, -0.05) is 82.4 Å². The van der Waals surface area contributed by atoms with Crippen molar-refractivity contribution in [2.45, 2.75) is 90.3 Å². The van der Waals surface area contributed by atoms with Crippen molar-refractivity contribution in [2.75, 3.05) is 25.4 Å². The molecule has 0 saturated heterocycles. The summed E-state index contributed by atoms with van der Waals surface area (Å²) < 4.78 is 10.5. The summed E-state index contributed by atoms with van der Waals surface area (Å²) in [6.45, 7) is 3.32. The lowest BCUT2D eigenvalue weighted by atomic mass is 10.1. The Morgan fingerprint density at radius 3 is 1.76 bits per heavy atom. The molecular formula is C24H41NO4. The molecule has 0 fully saturated rings. The molecule has 0 heterocycles. The van der Waals surface area contributed by atoms with Gasteiger partial charge < -0.3 is 9.47 Å². The van der Waals surface area contributed by atoms with Gasteiger partial charge in [-0.05, 0) is 31.9 Å². The third-order valence-electron chi connectivity index (χ3n) is 5.06. The molecule has 1 atom stereocenters. The number of anilines is 1. The summed E-state index contributed by atoms with van der Waals surface area (Å²) in [5, 5.41) is 1.31. The molecular weight excluding hydrogens is 366 g/mol. The average Bonchev–Trinajstić information content (AvgIpc) is 2.76. The number of rotatable bonds is 20. The molecule has 0 aliphatic heterocycles. The minimum Gasteiger partial charge on any atom is -0.356 e. The van der Waals surface area contributed by atoms with E-state index in [2.05, 4.69) is 0 Å². The Balaban J connectivity index is 1.81. The van der Waals surface area contributed by atoms with E-state index >= 15 is 0 Å². The summed E-state index contributed by atoms with van der Waals surface area (Å²) in [6.07, 6.45) is 15.8. The Hall–Kier alpha value is -1.43. The van der Waals surface area contributed by atoms with E-state index in [-0.39, 0.29) is 6.29 Å². The molecule has 0 radical (unpaired) electrons. The van der Waals surface area contributed by atoms with E-state index in [1.54, 1.807) is 7.11 Å². The van der Waals surface area contributed by atoms with Crippen molar-refractivity contribution < 1.29 is 19.1 Å². The van der Waals surface area contributed by atoms with Crippen LogP contribution in [0.1, 0.15) is 84.0 Å². The van der Waals surface area contributed by atoms with E-state index in [9.17, 15) is 4.79 Å². The van der Waals surface area contributed by atoms with Crippen LogP contribution < -0.4 is 5.06 Å². The van der Waals surface area contributed by atoms with Crippen LogP contribution in [0.25, 0.3) is 0 Å². The number of carbonyl (C=O) groups excluding carboxylic acids is 1. The fourth-order valence-electron chi connectivity index (χ4n) is 3.19. The SMILES string of the molecule is COC(C)OCCCCCCCCCCCCCCON(C=O)c1ccccc1. The molecule has 0 spiro atoms. The highest BCUT2D eigenvalue weighted by atomic mass is 16.7. The maximum atomic E-state index is 11.1. The topological polar surface area (TPSA) is 48.0 Å². The maximum absolute atomic E-state index is 11.1. The van der Waals surface area contributed by atoms with Crippen molar-refractivity contribution in [2.24, 2.45) is 0 Å². The first-order chi connectivity index (χ1) is 14.3. The predicted molar refractivity (Wildman–Crippen MR) is 119 cm³/mol. The lowest BCUT2D eigenvalue weighted by Crippen LogP contribution is -2.22. The number of nitrogens with zero attached hydrogens (tertiary/aromatic N) is 1. The van der Waals surface area contributed by atoms with Crippen LogP contribution in [0.3, 0.4) is 0 Å². The van der Waals surface area contributed by atoms with Crippen LogP contribution in [0.5, 0.6) is 0 Å². The molecule has 5 heteroatoms. The Kier molecular flexibility index (Phi) is 16.4. The van der Waals surface area contributed by atoms with Gasteiger partial charge in [0.2, 0.25) is 6.41 Å². The van der Waals surface area contributed by atoms with Crippen molar-refractivity contribution >= 4 is 12.1 Å². The highest BCUT2D eigenvalue weighted by Gasteiger charge is 2.04. The fourth-order valence-corrected chi connectivity index (χ4v) is 3.19. The average molecular weight is 408 g/mol. The zero-order valence-electron chi connectivity index (χ0n) is 18.5. The smallest absolute Gasteiger partial charge is 0.238 e. The molecule has 0 bridgehead atoms.